The molecule has 0 spiro atoms. The lowest BCUT2D eigenvalue weighted by molar-refractivity contribution is -0.116. The number of carbonyl (C=O) groups is 1. The Morgan fingerprint density at radius 2 is 2.00 bits per heavy atom. The number of aromatic nitrogens is 2. The summed E-state index contributed by atoms with van der Waals surface area (Å²) < 4.78 is 1.25. The molecule has 144 valence electrons. The Kier molecular flexibility index (Phi) is 4.87. The molecule has 0 saturated carbocycles. The minimum Gasteiger partial charge on any atom is -0.326 e. The predicted octanol–water partition coefficient (Wildman–Crippen LogP) is 6.47. The van der Waals surface area contributed by atoms with Gasteiger partial charge in [0.05, 0.1) is 11.7 Å². The van der Waals surface area contributed by atoms with Gasteiger partial charge in [-0.2, -0.15) is 5.10 Å². The molecule has 3 heterocycles. The summed E-state index contributed by atoms with van der Waals surface area (Å²) in [5, 5.41) is 14.7. The van der Waals surface area contributed by atoms with Gasteiger partial charge in [-0.15, -0.1) is 22.7 Å². The van der Waals surface area contributed by atoms with Gasteiger partial charge in [0.2, 0.25) is 5.91 Å². The molecule has 0 radical (unpaired) electrons. The van der Waals surface area contributed by atoms with Crippen LogP contribution < -0.4 is 5.32 Å². The summed E-state index contributed by atoms with van der Waals surface area (Å²) in [6.45, 7) is 0. The van der Waals surface area contributed by atoms with Crippen molar-refractivity contribution in [3.63, 3.8) is 0 Å². The van der Waals surface area contributed by atoms with Crippen molar-refractivity contribution in [1.29, 1.82) is 0 Å². The molecule has 0 fully saturated rings. The average molecular weight is 418 g/mol. The van der Waals surface area contributed by atoms with E-state index in [1.54, 1.807) is 28.9 Å². The summed E-state index contributed by atoms with van der Waals surface area (Å²) >= 11 is 3.49. The first-order valence-electron chi connectivity index (χ1n) is 9.54. The third-order valence-corrected chi connectivity index (χ3v) is 7.02. The quantitative estimate of drug-likeness (QED) is 0.333. The maximum Gasteiger partial charge on any atom is 0.224 e. The van der Waals surface area contributed by atoms with E-state index in [1.807, 2.05) is 12.1 Å². The molecule has 1 amide bonds. The Bertz CT molecular complexity index is 1250. The second-order valence-electron chi connectivity index (χ2n) is 6.99. The standard InChI is InChI=1S/C23H19N3OS2/c27-22(9-3-6-18-7-4-10-28-18)25-17-11-16-14-24-26-23(16)19(13-17)21-12-15-5-1-2-8-20(15)29-21/h1-2,4-5,7-8,10-14H,3,6,9H2,(H,24,26)(H,25,27). The third-order valence-electron chi connectivity index (χ3n) is 4.93. The highest BCUT2D eigenvalue weighted by molar-refractivity contribution is 7.22. The van der Waals surface area contributed by atoms with Crippen molar-refractivity contribution in [2.75, 3.05) is 5.32 Å². The number of amides is 1. The molecule has 0 aliphatic heterocycles. The monoisotopic (exact) mass is 417 g/mol. The number of hydrogen-bond donors (Lipinski definition) is 2. The number of rotatable bonds is 6. The minimum absolute atomic E-state index is 0.0479. The molecule has 5 aromatic rings. The minimum atomic E-state index is 0.0479. The van der Waals surface area contributed by atoms with E-state index < -0.39 is 0 Å². The van der Waals surface area contributed by atoms with Crippen LogP contribution >= 0.6 is 22.7 Å². The van der Waals surface area contributed by atoms with Crippen molar-refractivity contribution in [3.05, 3.63) is 71.1 Å². The lowest BCUT2D eigenvalue weighted by atomic mass is 10.1. The van der Waals surface area contributed by atoms with E-state index in [4.69, 9.17) is 0 Å². The normalized spacial score (nSPS) is 11.3. The molecule has 0 atom stereocenters. The van der Waals surface area contributed by atoms with Crippen LogP contribution in [0.1, 0.15) is 17.7 Å². The average Bonchev–Trinajstić information content (AvgIpc) is 3.47. The SMILES string of the molecule is O=C(CCCc1cccs1)Nc1cc(-c2cc3ccccc3s2)c2[nH]ncc2c1. The number of anilines is 1. The Morgan fingerprint density at radius 3 is 2.86 bits per heavy atom. The highest BCUT2D eigenvalue weighted by Gasteiger charge is 2.13. The molecule has 0 aliphatic rings. The summed E-state index contributed by atoms with van der Waals surface area (Å²) in [5.41, 5.74) is 2.87. The third kappa shape index (κ3) is 3.81. The number of thiophene rings is 2. The fourth-order valence-electron chi connectivity index (χ4n) is 3.54. The van der Waals surface area contributed by atoms with Crippen LogP contribution in [0.15, 0.2) is 66.2 Å². The number of aryl methyl sites for hydroxylation is 1. The second kappa shape index (κ2) is 7.81. The number of nitrogens with one attached hydrogen (secondary N) is 2. The molecule has 3 aromatic heterocycles. The highest BCUT2D eigenvalue weighted by Crippen LogP contribution is 2.38. The van der Waals surface area contributed by atoms with Gasteiger partial charge in [0.25, 0.3) is 0 Å². The van der Waals surface area contributed by atoms with E-state index in [0.29, 0.717) is 6.42 Å². The van der Waals surface area contributed by atoms with Gasteiger partial charge in [-0.3, -0.25) is 9.89 Å². The van der Waals surface area contributed by atoms with Gasteiger partial charge in [-0.1, -0.05) is 24.3 Å². The van der Waals surface area contributed by atoms with Gasteiger partial charge in [-0.05, 0) is 53.9 Å². The number of nitrogens with zero attached hydrogens (tertiary/aromatic N) is 1. The summed E-state index contributed by atoms with van der Waals surface area (Å²) in [7, 11) is 0. The second-order valence-corrected chi connectivity index (χ2v) is 9.10. The van der Waals surface area contributed by atoms with Crippen molar-refractivity contribution in [3.8, 4) is 10.4 Å². The Balaban J connectivity index is 1.39. The summed E-state index contributed by atoms with van der Waals surface area (Å²) in [4.78, 5) is 15.0. The van der Waals surface area contributed by atoms with Gasteiger partial charge in [-0.25, -0.2) is 0 Å². The zero-order valence-electron chi connectivity index (χ0n) is 15.6. The molecule has 29 heavy (non-hydrogen) atoms. The number of carbonyl (C=O) groups excluding carboxylic acids is 1. The molecule has 2 N–H and O–H groups in total. The molecule has 0 aliphatic carbocycles. The van der Waals surface area contributed by atoms with Gasteiger partial charge in [0.1, 0.15) is 0 Å². The van der Waals surface area contributed by atoms with E-state index in [9.17, 15) is 4.79 Å². The van der Waals surface area contributed by atoms with Crippen molar-refractivity contribution in [2.45, 2.75) is 19.3 Å². The Hall–Kier alpha value is -2.96. The van der Waals surface area contributed by atoms with Gasteiger partial charge in [0, 0.05) is 37.5 Å². The van der Waals surface area contributed by atoms with Crippen LogP contribution in [0.5, 0.6) is 0 Å². The van der Waals surface area contributed by atoms with E-state index in [0.717, 1.165) is 39.9 Å². The molecular formula is C23H19N3OS2. The van der Waals surface area contributed by atoms with Gasteiger partial charge >= 0.3 is 0 Å². The van der Waals surface area contributed by atoms with Crippen molar-refractivity contribution >= 4 is 55.3 Å². The van der Waals surface area contributed by atoms with Crippen molar-refractivity contribution in [2.24, 2.45) is 0 Å². The number of fused-ring (bicyclic) bond motifs is 2. The highest BCUT2D eigenvalue weighted by atomic mass is 32.1. The first-order valence-corrected chi connectivity index (χ1v) is 11.2. The fourth-order valence-corrected chi connectivity index (χ4v) is 5.38. The van der Waals surface area contributed by atoms with Gasteiger partial charge in [0.15, 0.2) is 0 Å². The summed E-state index contributed by atoms with van der Waals surface area (Å²) in [6, 6.07) is 18.8. The lowest BCUT2D eigenvalue weighted by Gasteiger charge is -2.08. The van der Waals surface area contributed by atoms with Crippen LogP contribution in [0.3, 0.4) is 0 Å². The number of hydrogen-bond acceptors (Lipinski definition) is 4. The topological polar surface area (TPSA) is 57.8 Å². The maximum absolute atomic E-state index is 12.5. The first-order chi connectivity index (χ1) is 14.3. The van der Waals surface area contributed by atoms with Crippen LogP contribution in [0.2, 0.25) is 0 Å². The Labute approximate surface area is 176 Å². The molecule has 0 unspecified atom stereocenters. The van der Waals surface area contributed by atoms with E-state index in [1.165, 1.54) is 15.0 Å². The Morgan fingerprint density at radius 1 is 1.07 bits per heavy atom. The van der Waals surface area contributed by atoms with Crippen LogP contribution in [-0.4, -0.2) is 16.1 Å². The molecule has 2 aromatic carbocycles. The number of aromatic amines is 1. The fraction of sp³-hybridized carbons (Fsp3) is 0.130. The van der Waals surface area contributed by atoms with Crippen LogP contribution in [0, 0.1) is 0 Å². The largest absolute Gasteiger partial charge is 0.326 e. The molecule has 0 saturated heterocycles. The lowest BCUT2D eigenvalue weighted by Crippen LogP contribution is -2.11. The molecule has 4 nitrogen and oxygen atoms in total. The zero-order chi connectivity index (χ0) is 19.6. The first kappa shape index (κ1) is 18.1. The van der Waals surface area contributed by atoms with Crippen LogP contribution in [0.4, 0.5) is 5.69 Å². The number of benzene rings is 2. The molecular weight excluding hydrogens is 398 g/mol. The summed E-state index contributed by atoms with van der Waals surface area (Å²) in [6.07, 6.45) is 4.11. The smallest absolute Gasteiger partial charge is 0.224 e. The van der Waals surface area contributed by atoms with Crippen molar-refractivity contribution < 1.29 is 4.79 Å². The van der Waals surface area contributed by atoms with Gasteiger partial charge < -0.3 is 5.32 Å². The number of H-pyrrole nitrogens is 1. The predicted molar refractivity (Wildman–Crippen MR) is 123 cm³/mol. The van der Waals surface area contributed by atoms with E-state index in [-0.39, 0.29) is 5.91 Å². The summed E-state index contributed by atoms with van der Waals surface area (Å²) in [5.74, 6) is 0.0479. The van der Waals surface area contributed by atoms with Crippen LogP contribution in [-0.2, 0) is 11.2 Å². The molecule has 0 bridgehead atoms. The molecule has 5 rings (SSSR count). The maximum atomic E-state index is 12.5. The van der Waals surface area contributed by atoms with Crippen LogP contribution in [0.25, 0.3) is 31.4 Å². The molecule has 6 heteroatoms. The van der Waals surface area contributed by atoms with Crippen molar-refractivity contribution in [1.82, 2.24) is 10.2 Å². The zero-order valence-corrected chi connectivity index (χ0v) is 17.3. The van der Waals surface area contributed by atoms with E-state index in [2.05, 4.69) is 63.4 Å². The van der Waals surface area contributed by atoms with E-state index >= 15 is 0 Å².